The van der Waals surface area contributed by atoms with E-state index in [1.807, 2.05) is 0 Å². The van der Waals surface area contributed by atoms with Crippen molar-refractivity contribution >= 4 is 5.69 Å². The minimum atomic E-state index is -4.24. The van der Waals surface area contributed by atoms with Gasteiger partial charge in [-0.05, 0) is 12.1 Å². The highest BCUT2D eigenvalue weighted by Crippen LogP contribution is 2.21. The number of nitrogen functional groups attached to an aromatic ring is 1. The number of nitrogens with two attached hydrogens (primary N) is 1. The van der Waals surface area contributed by atoms with Crippen LogP contribution in [0.25, 0.3) is 0 Å². The molecule has 2 rings (SSSR count). The standard InChI is InChI=1S/C12H12F3N3O2/c13-12(14,15)5-4-10-17-11(20-18-10)7-19-9-3-1-2-8(16)6-9/h1-3,6H,4-5,7,16H2. The molecule has 5 nitrogen and oxygen atoms in total. The zero-order chi connectivity index (χ0) is 14.6. The zero-order valence-corrected chi connectivity index (χ0v) is 10.4. The van der Waals surface area contributed by atoms with Crippen molar-refractivity contribution in [2.24, 2.45) is 0 Å². The van der Waals surface area contributed by atoms with E-state index in [-0.39, 0.29) is 24.7 Å². The largest absolute Gasteiger partial charge is 0.484 e. The van der Waals surface area contributed by atoms with Crippen molar-refractivity contribution in [3.63, 3.8) is 0 Å². The van der Waals surface area contributed by atoms with Gasteiger partial charge in [0.1, 0.15) is 5.75 Å². The van der Waals surface area contributed by atoms with Crippen LogP contribution in [0.3, 0.4) is 0 Å². The van der Waals surface area contributed by atoms with Crippen molar-refractivity contribution in [2.75, 3.05) is 5.73 Å². The molecule has 1 aromatic heterocycles. The summed E-state index contributed by atoms with van der Waals surface area (Å²) < 4.78 is 46.2. The fraction of sp³-hybridized carbons (Fsp3) is 0.333. The number of hydrogen-bond acceptors (Lipinski definition) is 5. The van der Waals surface area contributed by atoms with Crippen LogP contribution in [0.4, 0.5) is 18.9 Å². The first-order valence-corrected chi connectivity index (χ1v) is 5.79. The number of alkyl halides is 3. The minimum absolute atomic E-state index is 0.00787. The lowest BCUT2D eigenvalue weighted by Gasteiger charge is -2.03. The molecule has 108 valence electrons. The van der Waals surface area contributed by atoms with Gasteiger partial charge in [-0.3, -0.25) is 0 Å². The summed E-state index contributed by atoms with van der Waals surface area (Å²) in [7, 11) is 0. The lowest BCUT2D eigenvalue weighted by molar-refractivity contribution is -0.134. The molecular weight excluding hydrogens is 275 g/mol. The maximum atomic E-state index is 12.0. The maximum Gasteiger partial charge on any atom is 0.389 e. The first-order chi connectivity index (χ1) is 9.42. The molecule has 0 amide bonds. The van der Waals surface area contributed by atoms with Gasteiger partial charge >= 0.3 is 6.18 Å². The highest BCUT2D eigenvalue weighted by molar-refractivity contribution is 5.43. The van der Waals surface area contributed by atoms with Crippen molar-refractivity contribution in [1.82, 2.24) is 10.1 Å². The van der Waals surface area contributed by atoms with Gasteiger partial charge in [0.25, 0.3) is 5.89 Å². The third kappa shape index (κ3) is 4.45. The Hall–Kier alpha value is -2.25. The van der Waals surface area contributed by atoms with Crippen LogP contribution in [-0.4, -0.2) is 16.3 Å². The Bertz CT molecular complexity index is 569. The molecule has 0 unspecified atom stereocenters. The number of ether oxygens (including phenoxy) is 1. The summed E-state index contributed by atoms with van der Waals surface area (Å²) in [5, 5.41) is 3.46. The van der Waals surface area contributed by atoms with Gasteiger partial charge in [0.15, 0.2) is 12.4 Å². The van der Waals surface area contributed by atoms with Gasteiger partial charge in [0, 0.05) is 18.2 Å². The molecule has 1 heterocycles. The second kappa shape index (κ2) is 5.81. The van der Waals surface area contributed by atoms with Crippen LogP contribution in [-0.2, 0) is 13.0 Å². The average Bonchev–Trinajstić information content (AvgIpc) is 2.81. The van der Waals surface area contributed by atoms with E-state index in [0.717, 1.165) is 0 Å². The van der Waals surface area contributed by atoms with Crippen molar-refractivity contribution in [3.05, 3.63) is 36.0 Å². The fourth-order valence-corrected chi connectivity index (χ4v) is 1.45. The van der Waals surface area contributed by atoms with Gasteiger partial charge in [0.05, 0.1) is 6.42 Å². The Morgan fingerprint density at radius 1 is 1.30 bits per heavy atom. The van der Waals surface area contributed by atoms with E-state index in [1.165, 1.54) is 0 Å². The summed E-state index contributed by atoms with van der Waals surface area (Å²) in [5.41, 5.74) is 6.11. The second-order valence-electron chi connectivity index (χ2n) is 4.08. The van der Waals surface area contributed by atoms with E-state index in [9.17, 15) is 13.2 Å². The summed E-state index contributed by atoms with van der Waals surface area (Å²) in [4.78, 5) is 3.82. The predicted molar refractivity (Wildman–Crippen MR) is 63.9 cm³/mol. The number of nitrogens with zero attached hydrogens (tertiary/aromatic N) is 2. The number of halogens is 3. The molecule has 0 aliphatic rings. The van der Waals surface area contributed by atoms with E-state index in [0.29, 0.717) is 11.4 Å². The van der Waals surface area contributed by atoms with Gasteiger partial charge in [-0.1, -0.05) is 11.2 Å². The number of anilines is 1. The third-order valence-electron chi connectivity index (χ3n) is 2.36. The predicted octanol–water partition coefficient (Wildman–Crippen LogP) is 2.73. The summed E-state index contributed by atoms with van der Waals surface area (Å²) in [6.45, 7) is -0.0253. The van der Waals surface area contributed by atoms with E-state index < -0.39 is 12.6 Å². The van der Waals surface area contributed by atoms with E-state index in [4.69, 9.17) is 15.0 Å². The average molecular weight is 287 g/mol. The Kier molecular flexibility index (Phi) is 4.11. The van der Waals surface area contributed by atoms with Crippen LogP contribution >= 0.6 is 0 Å². The van der Waals surface area contributed by atoms with Crippen LogP contribution in [0.15, 0.2) is 28.8 Å². The Labute approximate surface area is 112 Å². The highest BCUT2D eigenvalue weighted by Gasteiger charge is 2.27. The SMILES string of the molecule is Nc1cccc(OCc2nc(CCC(F)(F)F)no2)c1. The normalized spacial score (nSPS) is 11.6. The smallest absolute Gasteiger partial charge is 0.389 e. The molecular formula is C12H12F3N3O2. The molecule has 0 saturated heterocycles. The summed E-state index contributed by atoms with van der Waals surface area (Å²) in [6.07, 6.45) is -5.54. The van der Waals surface area contributed by atoms with Crippen molar-refractivity contribution in [3.8, 4) is 5.75 Å². The quantitative estimate of drug-likeness (QED) is 0.856. The molecule has 2 aromatic rings. The molecule has 1 aromatic carbocycles. The van der Waals surface area contributed by atoms with Crippen LogP contribution in [0.1, 0.15) is 18.1 Å². The molecule has 0 spiro atoms. The Balaban J connectivity index is 1.87. The summed E-state index contributed by atoms with van der Waals surface area (Å²) in [6, 6.07) is 6.72. The van der Waals surface area contributed by atoms with Crippen LogP contribution in [0.2, 0.25) is 0 Å². The Morgan fingerprint density at radius 3 is 2.80 bits per heavy atom. The third-order valence-corrected chi connectivity index (χ3v) is 2.36. The minimum Gasteiger partial charge on any atom is -0.484 e. The van der Waals surface area contributed by atoms with E-state index >= 15 is 0 Å². The number of aryl methyl sites for hydroxylation is 1. The van der Waals surface area contributed by atoms with Gasteiger partial charge < -0.3 is 15.0 Å². The molecule has 0 fully saturated rings. The molecule has 20 heavy (non-hydrogen) atoms. The maximum absolute atomic E-state index is 12.0. The van der Waals surface area contributed by atoms with Gasteiger partial charge in [-0.15, -0.1) is 0 Å². The number of rotatable bonds is 5. The molecule has 8 heteroatoms. The highest BCUT2D eigenvalue weighted by atomic mass is 19.4. The molecule has 0 saturated carbocycles. The van der Waals surface area contributed by atoms with E-state index in [2.05, 4.69) is 10.1 Å². The first-order valence-electron chi connectivity index (χ1n) is 5.79. The fourth-order valence-electron chi connectivity index (χ4n) is 1.45. The molecule has 0 aliphatic carbocycles. The first kappa shape index (κ1) is 14.2. The second-order valence-corrected chi connectivity index (χ2v) is 4.08. The van der Waals surface area contributed by atoms with Crippen molar-refractivity contribution in [1.29, 1.82) is 0 Å². The van der Waals surface area contributed by atoms with Crippen molar-refractivity contribution < 1.29 is 22.4 Å². The van der Waals surface area contributed by atoms with Gasteiger partial charge in [-0.25, -0.2) is 0 Å². The molecule has 0 aliphatic heterocycles. The van der Waals surface area contributed by atoms with Crippen LogP contribution in [0, 0.1) is 0 Å². The van der Waals surface area contributed by atoms with Gasteiger partial charge in [-0.2, -0.15) is 18.2 Å². The van der Waals surface area contributed by atoms with Crippen molar-refractivity contribution in [2.45, 2.75) is 25.6 Å². The monoisotopic (exact) mass is 287 g/mol. The topological polar surface area (TPSA) is 74.2 Å². The Morgan fingerprint density at radius 2 is 2.10 bits per heavy atom. The van der Waals surface area contributed by atoms with Gasteiger partial charge in [0.2, 0.25) is 0 Å². The summed E-state index contributed by atoms with van der Waals surface area (Å²) >= 11 is 0. The zero-order valence-electron chi connectivity index (χ0n) is 10.4. The van der Waals surface area contributed by atoms with Crippen LogP contribution < -0.4 is 10.5 Å². The molecule has 0 radical (unpaired) electrons. The lowest BCUT2D eigenvalue weighted by atomic mass is 10.3. The molecule has 0 bridgehead atoms. The summed E-state index contributed by atoms with van der Waals surface area (Å²) in [5.74, 6) is 0.637. The number of benzene rings is 1. The van der Waals surface area contributed by atoms with E-state index in [1.54, 1.807) is 24.3 Å². The lowest BCUT2D eigenvalue weighted by Crippen LogP contribution is -2.09. The molecule has 2 N–H and O–H groups in total. The number of hydrogen-bond donors (Lipinski definition) is 1. The molecule has 0 atom stereocenters. The number of aromatic nitrogens is 2. The van der Waals surface area contributed by atoms with Crippen LogP contribution in [0.5, 0.6) is 5.75 Å².